The van der Waals surface area contributed by atoms with Gasteiger partial charge in [0.1, 0.15) is 12.4 Å². The lowest BCUT2D eigenvalue weighted by Crippen LogP contribution is -2.28. The Kier molecular flexibility index (Phi) is 6.88. The van der Waals surface area contributed by atoms with Crippen LogP contribution in [0, 0.1) is 0 Å². The van der Waals surface area contributed by atoms with Gasteiger partial charge in [0.2, 0.25) is 5.91 Å². The van der Waals surface area contributed by atoms with Crippen LogP contribution in [0.15, 0.2) is 48.5 Å². The molecule has 0 aliphatic heterocycles. The summed E-state index contributed by atoms with van der Waals surface area (Å²) in [6.45, 7) is 4.16. The number of imidazole rings is 1. The second kappa shape index (κ2) is 9.56. The van der Waals surface area contributed by atoms with E-state index in [1.165, 1.54) is 0 Å². The summed E-state index contributed by atoms with van der Waals surface area (Å²) in [6.07, 6.45) is 0.623. The van der Waals surface area contributed by atoms with Gasteiger partial charge in [-0.2, -0.15) is 0 Å². The lowest BCUT2D eigenvalue weighted by molar-refractivity contribution is -0.148. The maximum Gasteiger partial charge on any atom is 0.326 e. The first-order valence-corrected chi connectivity index (χ1v) is 9.95. The topological polar surface area (TPSA) is 73.2 Å². The molecule has 0 unspecified atom stereocenters. The summed E-state index contributed by atoms with van der Waals surface area (Å²) in [5, 5.41) is 3.55. The minimum absolute atomic E-state index is 0.0748. The highest BCUT2D eigenvalue weighted by atomic mass is 35.5. The Morgan fingerprint density at radius 3 is 2.59 bits per heavy atom. The van der Waals surface area contributed by atoms with Crippen molar-refractivity contribution in [1.29, 1.82) is 0 Å². The number of amides is 1. The maximum absolute atomic E-state index is 12.2. The molecule has 7 heteroatoms. The van der Waals surface area contributed by atoms with Crippen molar-refractivity contribution in [1.82, 2.24) is 14.9 Å². The van der Waals surface area contributed by atoms with Crippen molar-refractivity contribution in [3.8, 4) is 0 Å². The van der Waals surface area contributed by atoms with Gasteiger partial charge in [0.25, 0.3) is 0 Å². The predicted octanol–water partition coefficient (Wildman–Crippen LogP) is 3.54. The number of carbonyl (C=O) groups is 2. The molecule has 29 heavy (non-hydrogen) atoms. The standard InChI is InChI=1S/C22H24ClN3O3/c1-15(2)29-22(28)14-26-19-6-4-3-5-18(19)25-20(26)11-12-24-21(27)13-16-7-9-17(23)10-8-16/h3-10,15H,11-14H2,1-2H3,(H,24,27). The third kappa shape index (κ3) is 5.81. The Balaban J connectivity index is 1.64. The molecule has 0 aliphatic rings. The molecule has 0 atom stereocenters. The second-order valence-electron chi connectivity index (χ2n) is 7.04. The van der Waals surface area contributed by atoms with E-state index < -0.39 is 0 Å². The van der Waals surface area contributed by atoms with Crippen molar-refractivity contribution in [3.05, 3.63) is 64.9 Å². The molecule has 6 nitrogen and oxygen atoms in total. The van der Waals surface area contributed by atoms with Gasteiger partial charge in [0.15, 0.2) is 0 Å². The van der Waals surface area contributed by atoms with Crippen molar-refractivity contribution in [3.63, 3.8) is 0 Å². The van der Waals surface area contributed by atoms with Gasteiger partial charge in [0.05, 0.1) is 23.6 Å². The molecule has 0 fully saturated rings. The molecular weight excluding hydrogens is 390 g/mol. The van der Waals surface area contributed by atoms with Gasteiger partial charge < -0.3 is 14.6 Å². The van der Waals surface area contributed by atoms with E-state index in [0.717, 1.165) is 22.4 Å². The van der Waals surface area contributed by atoms with Crippen molar-refractivity contribution >= 4 is 34.5 Å². The predicted molar refractivity (Wildman–Crippen MR) is 113 cm³/mol. The van der Waals surface area contributed by atoms with Crippen LogP contribution in [0.4, 0.5) is 0 Å². The lowest BCUT2D eigenvalue weighted by atomic mass is 10.1. The molecule has 0 saturated carbocycles. The zero-order chi connectivity index (χ0) is 20.8. The fourth-order valence-electron chi connectivity index (χ4n) is 3.09. The molecule has 0 saturated heterocycles. The number of fused-ring (bicyclic) bond motifs is 1. The Morgan fingerprint density at radius 1 is 1.14 bits per heavy atom. The molecule has 2 aromatic carbocycles. The minimum atomic E-state index is -0.309. The largest absolute Gasteiger partial charge is 0.462 e. The molecule has 1 N–H and O–H groups in total. The van der Waals surface area contributed by atoms with E-state index in [1.807, 2.05) is 54.8 Å². The fourth-order valence-corrected chi connectivity index (χ4v) is 3.21. The van der Waals surface area contributed by atoms with Crippen LogP contribution in [0.2, 0.25) is 5.02 Å². The van der Waals surface area contributed by atoms with Crippen molar-refractivity contribution in [2.45, 2.75) is 39.3 Å². The van der Waals surface area contributed by atoms with Crippen LogP contribution in [0.1, 0.15) is 25.2 Å². The number of halogens is 1. The molecule has 1 amide bonds. The molecule has 1 heterocycles. The number of para-hydroxylation sites is 2. The number of hydrogen-bond acceptors (Lipinski definition) is 4. The number of ether oxygens (including phenoxy) is 1. The van der Waals surface area contributed by atoms with Crippen molar-refractivity contribution in [2.75, 3.05) is 6.54 Å². The van der Waals surface area contributed by atoms with Gasteiger partial charge in [-0.25, -0.2) is 4.98 Å². The third-order valence-electron chi connectivity index (χ3n) is 4.34. The lowest BCUT2D eigenvalue weighted by Gasteiger charge is -2.12. The smallest absolute Gasteiger partial charge is 0.326 e. The number of esters is 1. The number of rotatable bonds is 8. The van der Waals surface area contributed by atoms with Gasteiger partial charge in [-0.15, -0.1) is 0 Å². The Labute approximate surface area is 174 Å². The minimum Gasteiger partial charge on any atom is -0.462 e. The first-order valence-electron chi connectivity index (χ1n) is 9.57. The van der Waals surface area contributed by atoms with E-state index >= 15 is 0 Å². The molecule has 152 valence electrons. The van der Waals surface area contributed by atoms with E-state index in [9.17, 15) is 9.59 Å². The summed E-state index contributed by atoms with van der Waals surface area (Å²) in [4.78, 5) is 29.0. The van der Waals surface area contributed by atoms with Gasteiger partial charge in [-0.3, -0.25) is 9.59 Å². The molecule has 1 aromatic heterocycles. The Morgan fingerprint density at radius 2 is 1.86 bits per heavy atom. The number of nitrogens with zero attached hydrogens (tertiary/aromatic N) is 2. The Bertz CT molecular complexity index is 996. The quantitative estimate of drug-likeness (QED) is 0.573. The average Bonchev–Trinajstić information content (AvgIpc) is 3.00. The van der Waals surface area contributed by atoms with Gasteiger partial charge in [0, 0.05) is 18.0 Å². The zero-order valence-corrected chi connectivity index (χ0v) is 17.3. The van der Waals surface area contributed by atoms with Crippen molar-refractivity contribution < 1.29 is 14.3 Å². The SMILES string of the molecule is CC(C)OC(=O)Cn1c(CCNC(=O)Cc2ccc(Cl)cc2)nc2ccccc21. The van der Waals surface area contributed by atoms with Crippen LogP contribution < -0.4 is 5.32 Å². The molecule has 0 radical (unpaired) electrons. The molecule has 3 aromatic rings. The van der Waals surface area contributed by atoms with Crippen molar-refractivity contribution in [2.24, 2.45) is 0 Å². The monoisotopic (exact) mass is 413 g/mol. The molecule has 0 spiro atoms. The first kappa shape index (κ1) is 20.9. The summed E-state index contributed by atoms with van der Waals surface area (Å²) in [6, 6.07) is 14.8. The normalized spacial score (nSPS) is 11.0. The molecular formula is C22H24ClN3O3. The van der Waals surface area contributed by atoms with Gasteiger partial charge >= 0.3 is 5.97 Å². The highest BCUT2D eigenvalue weighted by Crippen LogP contribution is 2.17. The van der Waals surface area contributed by atoms with E-state index in [0.29, 0.717) is 18.0 Å². The zero-order valence-electron chi connectivity index (χ0n) is 16.5. The number of aromatic nitrogens is 2. The molecule has 0 bridgehead atoms. The summed E-state index contributed by atoms with van der Waals surface area (Å²) in [5.41, 5.74) is 2.58. The number of benzene rings is 2. The van der Waals surface area contributed by atoms with Gasteiger partial charge in [-0.05, 0) is 43.7 Å². The van der Waals surface area contributed by atoms with Crippen LogP contribution in [0.5, 0.6) is 0 Å². The van der Waals surface area contributed by atoms with Crippen LogP contribution in [-0.2, 0) is 33.7 Å². The Hall–Kier alpha value is -2.86. The third-order valence-corrected chi connectivity index (χ3v) is 4.59. The summed E-state index contributed by atoms with van der Waals surface area (Å²) >= 11 is 5.87. The maximum atomic E-state index is 12.2. The average molecular weight is 414 g/mol. The molecule has 3 rings (SSSR count). The van der Waals surface area contributed by atoms with Crippen LogP contribution in [-0.4, -0.2) is 34.1 Å². The van der Waals surface area contributed by atoms with Crippen LogP contribution in [0.25, 0.3) is 11.0 Å². The van der Waals surface area contributed by atoms with E-state index in [4.69, 9.17) is 16.3 Å². The van der Waals surface area contributed by atoms with E-state index in [2.05, 4.69) is 10.3 Å². The number of carbonyl (C=O) groups excluding carboxylic acids is 2. The fraction of sp³-hybridized carbons (Fsp3) is 0.318. The summed E-state index contributed by atoms with van der Waals surface area (Å²) in [7, 11) is 0. The molecule has 0 aliphatic carbocycles. The number of hydrogen-bond donors (Lipinski definition) is 1. The van der Waals surface area contributed by atoms with E-state index in [1.54, 1.807) is 12.1 Å². The van der Waals surface area contributed by atoms with Gasteiger partial charge in [-0.1, -0.05) is 35.9 Å². The highest BCUT2D eigenvalue weighted by molar-refractivity contribution is 6.30. The van der Waals surface area contributed by atoms with Crippen LogP contribution >= 0.6 is 11.6 Å². The first-order chi connectivity index (χ1) is 13.9. The second-order valence-corrected chi connectivity index (χ2v) is 7.48. The van der Waals surface area contributed by atoms with Crippen LogP contribution in [0.3, 0.4) is 0 Å². The summed E-state index contributed by atoms with van der Waals surface area (Å²) < 4.78 is 7.13. The summed E-state index contributed by atoms with van der Waals surface area (Å²) in [5.74, 6) is 0.351. The number of nitrogens with one attached hydrogen (secondary N) is 1. The highest BCUT2D eigenvalue weighted by Gasteiger charge is 2.15. The van der Waals surface area contributed by atoms with E-state index in [-0.39, 0.29) is 30.9 Å².